The molecule has 0 saturated carbocycles. The number of rotatable bonds is 4. The minimum absolute atomic E-state index is 0.533. The normalized spacial score (nSPS) is 20.5. The van der Waals surface area contributed by atoms with E-state index in [1.54, 1.807) is 0 Å². The van der Waals surface area contributed by atoms with Crippen molar-refractivity contribution >= 4 is 23.2 Å². The van der Waals surface area contributed by atoms with E-state index in [0.717, 1.165) is 11.1 Å². The van der Waals surface area contributed by atoms with Crippen LogP contribution in [0.15, 0.2) is 91.0 Å². The molecule has 3 aromatic carbocycles. The summed E-state index contributed by atoms with van der Waals surface area (Å²) < 4.78 is -0.981. The van der Waals surface area contributed by atoms with Crippen LogP contribution in [0.4, 0.5) is 0 Å². The molecule has 0 bridgehead atoms. The fourth-order valence-electron chi connectivity index (χ4n) is 3.53. The van der Waals surface area contributed by atoms with E-state index in [9.17, 15) is 0 Å². The number of alkyl halides is 2. The third-order valence-electron chi connectivity index (χ3n) is 4.70. The Morgan fingerprint density at radius 1 is 0.625 bits per heavy atom. The second kappa shape index (κ2) is 5.93. The van der Waals surface area contributed by atoms with Gasteiger partial charge in [0, 0.05) is 6.54 Å². The Balaban J connectivity index is 1.83. The van der Waals surface area contributed by atoms with Crippen LogP contribution >= 0.6 is 23.2 Å². The highest BCUT2D eigenvalue weighted by atomic mass is 35.5. The zero-order valence-electron chi connectivity index (χ0n) is 13.1. The lowest BCUT2D eigenvalue weighted by Crippen LogP contribution is -2.19. The van der Waals surface area contributed by atoms with E-state index < -0.39 is 10.00 Å². The summed E-state index contributed by atoms with van der Waals surface area (Å²) in [5.74, 6) is 0. The molecule has 120 valence electrons. The van der Waals surface area contributed by atoms with Gasteiger partial charge in [0.1, 0.15) is 5.54 Å². The van der Waals surface area contributed by atoms with Crippen molar-refractivity contribution in [2.75, 3.05) is 0 Å². The van der Waals surface area contributed by atoms with Gasteiger partial charge in [0.05, 0.1) is 0 Å². The van der Waals surface area contributed by atoms with Crippen molar-refractivity contribution in [3.63, 3.8) is 0 Å². The van der Waals surface area contributed by atoms with E-state index in [-0.39, 0.29) is 0 Å². The summed E-state index contributed by atoms with van der Waals surface area (Å²) in [4.78, 5) is 2.14. The number of hydrogen-bond donors (Lipinski definition) is 0. The summed E-state index contributed by atoms with van der Waals surface area (Å²) in [6.07, 6.45) is 0. The molecule has 3 heteroatoms. The van der Waals surface area contributed by atoms with Gasteiger partial charge in [-0.25, -0.2) is 4.90 Å². The first-order valence-corrected chi connectivity index (χ1v) is 8.73. The minimum atomic E-state index is -0.981. The highest BCUT2D eigenvalue weighted by Gasteiger charge is 2.75. The molecule has 1 atom stereocenters. The molecular formula is C21H17Cl2N. The summed E-state index contributed by atoms with van der Waals surface area (Å²) in [6.45, 7) is 0.692. The summed E-state index contributed by atoms with van der Waals surface area (Å²) in [6, 6.07) is 30.8. The van der Waals surface area contributed by atoms with Crippen molar-refractivity contribution in [1.29, 1.82) is 0 Å². The molecule has 0 N–H and O–H groups in total. The van der Waals surface area contributed by atoms with Gasteiger partial charge < -0.3 is 0 Å². The molecule has 24 heavy (non-hydrogen) atoms. The van der Waals surface area contributed by atoms with Crippen molar-refractivity contribution in [2.24, 2.45) is 0 Å². The Labute approximate surface area is 152 Å². The van der Waals surface area contributed by atoms with Crippen LogP contribution in [-0.4, -0.2) is 9.36 Å². The van der Waals surface area contributed by atoms with E-state index in [1.165, 1.54) is 5.56 Å². The predicted molar refractivity (Wildman–Crippen MR) is 100 cm³/mol. The highest BCUT2D eigenvalue weighted by molar-refractivity contribution is 6.51. The van der Waals surface area contributed by atoms with Gasteiger partial charge in [-0.3, -0.25) is 0 Å². The Kier molecular flexibility index (Phi) is 3.88. The topological polar surface area (TPSA) is 3.01 Å². The largest absolute Gasteiger partial charge is 0.248 e. The monoisotopic (exact) mass is 353 g/mol. The quantitative estimate of drug-likeness (QED) is 0.336. The fourth-order valence-corrected chi connectivity index (χ4v) is 4.45. The molecule has 0 radical (unpaired) electrons. The zero-order valence-corrected chi connectivity index (χ0v) is 14.6. The van der Waals surface area contributed by atoms with Crippen LogP contribution in [0.25, 0.3) is 0 Å². The zero-order chi connectivity index (χ0) is 16.6. The van der Waals surface area contributed by atoms with Gasteiger partial charge in [0.25, 0.3) is 0 Å². The first kappa shape index (κ1) is 15.7. The van der Waals surface area contributed by atoms with E-state index in [1.807, 2.05) is 54.6 Å². The molecule has 0 aliphatic carbocycles. The molecular weight excluding hydrogens is 337 g/mol. The lowest BCUT2D eigenvalue weighted by atomic mass is 9.90. The van der Waals surface area contributed by atoms with E-state index >= 15 is 0 Å². The van der Waals surface area contributed by atoms with Gasteiger partial charge in [-0.2, -0.15) is 0 Å². The predicted octanol–water partition coefficient (Wildman–Crippen LogP) is 5.58. The van der Waals surface area contributed by atoms with E-state index in [4.69, 9.17) is 23.2 Å². The van der Waals surface area contributed by atoms with Crippen molar-refractivity contribution < 1.29 is 0 Å². The van der Waals surface area contributed by atoms with Gasteiger partial charge in [-0.05, 0) is 16.7 Å². The van der Waals surface area contributed by atoms with Crippen molar-refractivity contribution in [2.45, 2.75) is 16.5 Å². The van der Waals surface area contributed by atoms with E-state index in [0.29, 0.717) is 6.54 Å². The SMILES string of the molecule is ClC1(Cl)N(Cc2ccccc2)C1(c1ccccc1)c1ccccc1. The van der Waals surface area contributed by atoms with Crippen LogP contribution in [0.2, 0.25) is 0 Å². The second-order valence-corrected chi connectivity index (χ2v) is 7.34. The lowest BCUT2D eigenvalue weighted by Gasteiger charge is -2.19. The first-order chi connectivity index (χ1) is 11.7. The van der Waals surface area contributed by atoms with Crippen molar-refractivity contribution in [3.8, 4) is 0 Å². The van der Waals surface area contributed by atoms with Gasteiger partial charge in [-0.1, -0.05) is 114 Å². The molecule has 1 unspecified atom stereocenters. The summed E-state index contributed by atoms with van der Waals surface area (Å²) in [5.41, 5.74) is 2.88. The van der Waals surface area contributed by atoms with Crippen LogP contribution in [0, 0.1) is 0 Å². The molecule has 0 spiro atoms. The lowest BCUT2D eigenvalue weighted by molar-refractivity contribution is 0.441. The number of hydrogen-bond acceptors (Lipinski definition) is 1. The Morgan fingerprint density at radius 2 is 1.04 bits per heavy atom. The average Bonchev–Trinajstić information content (AvgIpc) is 3.13. The third kappa shape index (κ3) is 2.28. The van der Waals surface area contributed by atoms with Gasteiger partial charge in [0.2, 0.25) is 0 Å². The van der Waals surface area contributed by atoms with Gasteiger partial charge >= 0.3 is 0 Å². The van der Waals surface area contributed by atoms with E-state index in [2.05, 4.69) is 41.3 Å². The maximum Gasteiger partial charge on any atom is 0.199 e. The minimum Gasteiger partial charge on any atom is -0.248 e. The summed E-state index contributed by atoms with van der Waals surface area (Å²) >= 11 is 13.7. The molecule has 0 amide bonds. The van der Waals surface area contributed by atoms with Crippen LogP contribution in [0.5, 0.6) is 0 Å². The standard InChI is InChI=1S/C21H17Cl2N/c22-21(23)20(18-12-6-2-7-13-18,19-14-8-3-9-15-19)24(21)16-17-10-4-1-5-11-17/h1-15H,16H2. The molecule has 1 nitrogen and oxygen atoms in total. The van der Waals surface area contributed by atoms with Crippen LogP contribution in [0.1, 0.15) is 16.7 Å². The maximum atomic E-state index is 6.84. The molecule has 1 fully saturated rings. The number of halogens is 2. The average molecular weight is 354 g/mol. The molecule has 1 saturated heterocycles. The number of benzene rings is 3. The number of nitrogens with zero attached hydrogens (tertiary/aromatic N) is 1. The van der Waals surface area contributed by atoms with Crippen molar-refractivity contribution in [3.05, 3.63) is 108 Å². The maximum absolute atomic E-state index is 6.84. The smallest absolute Gasteiger partial charge is 0.199 e. The molecule has 4 rings (SSSR count). The van der Waals surface area contributed by atoms with Crippen LogP contribution in [0.3, 0.4) is 0 Å². The summed E-state index contributed by atoms with van der Waals surface area (Å²) in [7, 11) is 0. The molecule has 3 aromatic rings. The third-order valence-corrected chi connectivity index (χ3v) is 5.65. The van der Waals surface area contributed by atoms with Crippen LogP contribution in [-0.2, 0) is 12.1 Å². The van der Waals surface area contributed by atoms with Crippen molar-refractivity contribution in [1.82, 2.24) is 4.90 Å². The summed E-state index contributed by atoms with van der Waals surface area (Å²) in [5, 5.41) is 0. The Hall–Kier alpha value is -1.80. The molecule has 1 aliphatic heterocycles. The molecule has 1 aliphatic rings. The Bertz CT molecular complexity index is 777. The Morgan fingerprint density at radius 3 is 1.50 bits per heavy atom. The van der Waals surface area contributed by atoms with Gasteiger partial charge in [-0.15, -0.1) is 0 Å². The second-order valence-electron chi connectivity index (χ2n) is 6.06. The molecule has 0 aromatic heterocycles. The highest BCUT2D eigenvalue weighted by Crippen LogP contribution is 2.68. The fraction of sp³-hybridized carbons (Fsp3) is 0.143. The first-order valence-electron chi connectivity index (χ1n) is 7.98. The van der Waals surface area contributed by atoms with Gasteiger partial charge in [0.15, 0.2) is 4.46 Å². The molecule has 1 heterocycles. The van der Waals surface area contributed by atoms with Crippen LogP contribution < -0.4 is 0 Å².